The molecule has 1 fully saturated rings. The smallest absolute Gasteiger partial charge is 0.0845 e. The fourth-order valence-corrected chi connectivity index (χ4v) is 2.06. The Morgan fingerprint density at radius 2 is 2.29 bits per heavy atom. The average molecular weight is 198 g/mol. The summed E-state index contributed by atoms with van der Waals surface area (Å²) in [6.45, 7) is 9.88. The molecule has 0 aromatic carbocycles. The molecule has 1 aliphatic heterocycles. The molecule has 1 rings (SSSR count). The fraction of sp³-hybridized carbons (Fsp3) is 0.833. The van der Waals surface area contributed by atoms with Crippen molar-refractivity contribution in [1.29, 1.82) is 0 Å². The number of aliphatic hydroxyl groups excluding tert-OH is 1. The number of ether oxygens (including phenoxy) is 1. The summed E-state index contributed by atoms with van der Waals surface area (Å²) in [6.07, 6.45) is 4.43. The van der Waals surface area contributed by atoms with Crippen LogP contribution >= 0.6 is 0 Å². The van der Waals surface area contributed by atoms with E-state index in [1.54, 1.807) is 0 Å². The lowest BCUT2D eigenvalue weighted by Gasteiger charge is -2.27. The first kappa shape index (κ1) is 11.7. The molecule has 2 nitrogen and oxygen atoms in total. The van der Waals surface area contributed by atoms with Gasteiger partial charge in [-0.2, -0.15) is 0 Å². The minimum Gasteiger partial charge on any atom is -0.390 e. The Hall–Kier alpha value is -0.340. The first-order chi connectivity index (χ1) is 6.48. The third-order valence-electron chi connectivity index (χ3n) is 3.03. The summed E-state index contributed by atoms with van der Waals surface area (Å²) in [5.74, 6) is 0.270. The second-order valence-corrected chi connectivity index (χ2v) is 4.87. The molecular weight excluding hydrogens is 176 g/mol. The molecule has 0 saturated carbocycles. The van der Waals surface area contributed by atoms with Crippen molar-refractivity contribution in [2.75, 3.05) is 0 Å². The zero-order valence-electron chi connectivity index (χ0n) is 9.49. The minimum absolute atomic E-state index is 0.0138. The van der Waals surface area contributed by atoms with Gasteiger partial charge in [0.1, 0.15) is 0 Å². The van der Waals surface area contributed by atoms with Gasteiger partial charge in [0.2, 0.25) is 0 Å². The summed E-state index contributed by atoms with van der Waals surface area (Å²) < 4.78 is 5.89. The molecule has 14 heavy (non-hydrogen) atoms. The van der Waals surface area contributed by atoms with Crippen molar-refractivity contribution in [3.8, 4) is 0 Å². The van der Waals surface area contributed by atoms with E-state index in [2.05, 4.69) is 13.5 Å². The maximum absolute atomic E-state index is 9.88. The predicted octanol–water partition coefficient (Wildman–Crippen LogP) is 2.52. The number of hydrogen-bond donors (Lipinski definition) is 1. The molecular formula is C12H22O2. The van der Waals surface area contributed by atoms with Crippen LogP contribution in [0.25, 0.3) is 0 Å². The lowest BCUT2D eigenvalue weighted by molar-refractivity contribution is -0.0896. The average Bonchev–Trinajstić information content (AvgIpc) is 2.47. The highest BCUT2D eigenvalue weighted by Gasteiger charge is 2.38. The molecule has 1 saturated heterocycles. The molecule has 0 aromatic rings. The minimum atomic E-state index is -0.332. The zero-order chi connectivity index (χ0) is 10.8. The standard InChI is InChI=1S/C12H22O2/c1-5-7-12(4)8-6-10(14-12)11(13)9(2)3/h5,9-11,13H,1,6-8H2,2-4H3/t10-,11+,12+/m1/s1. The molecule has 0 spiro atoms. The van der Waals surface area contributed by atoms with E-state index in [-0.39, 0.29) is 23.7 Å². The molecule has 1 aliphatic rings. The van der Waals surface area contributed by atoms with Crippen LogP contribution in [-0.4, -0.2) is 22.9 Å². The van der Waals surface area contributed by atoms with Gasteiger partial charge < -0.3 is 9.84 Å². The van der Waals surface area contributed by atoms with E-state index in [4.69, 9.17) is 4.74 Å². The Morgan fingerprint density at radius 3 is 2.79 bits per heavy atom. The Bertz CT molecular complexity index is 200. The Balaban J connectivity index is 2.51. The molecule has 0 aliphatic carbocycles. The molecule has 0 amide bonds. The van der Waals surface area contributed by atoms with Gasteiger partial charge in [-0.1, -0.05) is 19.9 Å². The quantitative estimate of drug-likeness (QED) is 0.703. The number of aliphatic hydroxyl groups is 1. The first-order valence-electron chi connectivity index (χ1n) is 5.45. The second-order valence-electron chi connectivity index (χ2n) is 4.87. The highest BCUT2D eigenvalue weighted by atomic mass is 16.5. The van der Waals surface area contributed by atoms with Crippen LogP contribution in [0.3, 0.4) is 0 Å². The van der Waals surface area contributed by atoms with Crippen molar-refractivity contribution in [2.45, 2.75) is 57.8 Å². The number of hydrogen-bond acceptors (Lipinski definition) is 2. The van der Waals surface area contributed by atoms with Gasteiger partial charge in [0.05, 0.1) is 17.8 Å². The summed E-state index contributed by atoms with van der Waals surface area (Å²) in [5, 5.41) is 9.88. The van der Waals surface area contributed by atoms with Crippen molar-refractivity contribution >= 4 is 0 Å². The molecule has 3 atom stereocenters. The maximum atomic E-state index is 9.88. The lowest BCUT2D eigenvalue weighted by Crippen LogP contribution is -2.33. The topological polar surface area (TPSA) is 29.5 Å². The van der Waals surface area contributed by atoms with Crippen LogP contribution in [0.4, 0.5) is 0 Å². The van der Waals surface area contributed by atoms with Crippen molar-refractivity contribution < 1.29 is 9.84 Å². The van der Waals surface area contributed by atoms with E-state index in [1.165, 1.54) is 0 Å². The summed E-state index contributed by atoms with van der Waals surface area (Å²) in [6, 6.07) is 0. The first-order valence-corrected chi connectivity index (χ1v) is 5.45. The summed E-state index contributed by atoms with van der Waals surface area (Å²) in [4.78, 5) is 0. The van der Waals surface area contributed by atoms with Crippen LogP contribution < -0.4 is 0 Å². The summed E-state index contributed by atoms with van der Waals surface area (Å²) in [5.41, 5.74) is -0.0950. The van der Waals surface area contributed by atoms with Crippen molar-refractivity contribution in [1.82, 2.24) is 0 Å². The van der Waals surface area contributed by atoms with E-state index >= 15 is 0 Å². The highest BCUT2D eigenvalue weighted by molar-refractivity contribution is 4.92. The van der Waals surface area contributed by atoms with Crippen LogP contribution in [0.2, 0.25) is 0 Å². The SMILES string of the molecule is C=CC[C@@]1(C)CC[C@H]([C@@H](O)C(C)C)O1. The normalized spacial score (nSPS) is 34.8. The number of rotatable bonds is 4. The maximum Gasteiger partial charge on any atom is 0.0845 e. The van der Waals surface area contributed by atoms with Gasteiger partial charge in [0, 0.05) is 0 Å². The Kier molecular flexibility index (Phi) is 3.73. The summed E-state index contributed by atoms with van der Waals surface area (Å²) in [7, 11) is 0. The van der Waals surface area contributed by atoms with E-state index in [9.17, 15) is 5.11 Å². The van der Waals surface area contributed by atoms with Gasteiger partial charge >= 0.3 is 0 Å². The van der Waals surface area contributed by atoms with Gasteiger partial charge in [-0.25, -0.2) is 0 Å². The van der Waals surface area contributed by atoms with Crippen LogP contribution in [0, 0.1) is 5.92 Å². The van der Waals surface area contributed by atoms with E-state index in [0.717, 1.165) is 19.3 Å². The molecule has 0 unspecified atom stereocenters. The van der Waals surface area contributed by atoms with Gasteiger partial charge in [0.15, 0.2) is 0 Å². The molecule has 2 heteroatoms. The summed E-state index contributed by atoms with van der Waals surface area (Å²) >= 11 is 0. The molecule has 0 radical (unpaired) electrons. The van der Waals surface area contributed by atoms with Gasteiger partial charge in [0.25, 0.3) is 0 Å². The third kappa shape index (κ3) is 2.58. The Labute approximate surface area is 87.0 Å². The van der Waals surface area contributed by atoms with Crippen LogP contribution in [-0.2, 0) is 4.74 Å². The van der Waals surface area contributed by atoms with E-state index in [0.29, 0.717) is 0 Å². The van der Waals surface area contributed by atoms with Crippen molar-refractivity contribution in [3.05, 3.63) is 12.7 Å². The van der Waals surface area contributed by atoms with Crippen LogP contribution in [0.1, 0.15) is 40.0 Å². The molecule has 82 valence electrons. The Morgan fingerprint density at radius 1 is 1.64 bits per heavy atom. The third-order valence-corrected chi connectivity index (χ3v) is 3.03. The lowest BCUT2D eigenvalue weighted by atomic mass is 9.96. The van der Waals surface area contributed by atoms with Gasteiger partial charge in [-0.3, -0.25) is 0 Å². The van der Waals surface area contributed by atoms with Crippen molar-refractivity contribution in [3.63, 3.8) is 0 Å². The monoisotopic (exact) mass is 198 g/mol. The van der Waals surface area contributed by atoms with E-state index in [1.807, 2.05) is 19.9 Å². The van der Waals surface area contributed by atoms with Gasteiger partial charge in [-0.05, 0) is 32.1 Å². The molecule has 1 heterocycles. The van der Waals surface area contributed by atoms with Gasteiger partial charge in [-0.15, -0.1) is 6.58 Å². The van der Waals surface area contributed by atoms with Crippen LogP contribution in [0.5, 0.6) is 0 Å². The predicted molar refractivity (Wildman–Crippen MR) is 58.2 cm³/mol. The largest absolute Gasteiger partial charge is 0.390 e. The molecule has 1 N–H and O–H groups in total. The van der Waals surface area contributed by atoms with Crippen molar-refractivity contribution in [2.24, 2.45) is 5.92 Å². The molecule has 0 aromatic heterocycles. The fourth-order valence-electron chi connectivity index (χ4n) is 2.06. The van der Waals surface area contributed by atoms with Crippen LogP contribution in [0.15, 0.2) is 12.7 Å². The molecule has 0 bridgehead atoms. The second kappa shape index (κ2) is 4.45. The zero-order valence-corrected chi connectivity index (χ0v) is 9.49. The highest BCUT2D eigenvalue weighted by Crippen LogP contribution is 2.35. The van der Waals surface area contributed by atoms with E-state index < -0.39 is 0 Å².